The number of rotatable bonds is 2. The van der Waals surface area contributed by atoms with Crippen LogP contribution in [0, 0.1) is 17.8 Å². The van der Waals surface area contributed by atoms with Crippen LogP contribution in [0.1, 0.15) is 33.1 Å². The van der Waals surface area contributed by atoms with Crippen molar-refractivity contribution in [2.24, 2.45) is 17.8 Å². The smallest absolute Gasteiger partial charge is 0.150 e. The van der Waals surface area contributed by atoms with Gasteiger partial charge in [-0.1, -0.05) is 25.5 Å². The molecule has 0 spiro atoms. The molecule has 0 heterocycles. The molecule has 0 radical (unpaired) electrons. The first-order valence-corrected chi connectivity index (χ1v) is 6.03. The fourth-order valence-electron chi connectivity index (χ4n) is 3.09. The van der Waals surface area contributed by atoms with Gasteiger partial charge in [0.05, 0.1) is 0 Å². The summed E-state index contributed by atoms with van der Waals surface area (Å²) < 4.78 is 0. The molecule has 0 aromatic heterocycles. The monoisotopic (exact) mass is 218 g/mol. The van der Waals surface area contributed by atoms with Gasteiger partial charge in [-0.25, -0.2) is 0 Å². The summed E-state index contributed by atoms with van der Waals surface area (Å²) in [5.74, 6) is 1.07. The van der Waals surface area contributed by atoms with Crippen LogP contribution >= 0.6 is 0 Å². The zero-order valence-electron chi connectivity index (χ0n) is 9.90. The van der Waals surface area contributed by atoms with Gasteiger partial charge in [0.25, 0.3) is 0 Å². The van der Waals surface area contributed by atoms with E-state index in [0.29, 0.717) is 11.8 Å². The highest BCUT2D eigenvalue weighted by Crippen LogP contribution is 2.43. The largest absolute Gasteiger partial charge is 0.299 e. The second kappa shape index (κ2) is 4.36. The maximum atomic E-state index is 11.6. The van der Waals surface area contributed by atoms with E-state index in [1.165, 1.54) is 0 Å². The van der Waals surface area contributed by atoms with E-state index in [2.05, 4.69) is 13.0 Å². The molecular weight excluding hydrogens is 200 g/mol. The van der Waals surface area contributed by atoms with Gasteiger partial charge in [0.1, 0.15) is 12.1 Å². The summed E-state index contributed by atoms with van der Waals surface area (Å²) in [5.41, 5.74) is 1.87. The Hall–Kier alpha value is -1.18. The first kappa shape index (κ1) is 11.3. The second-order valence-corrected chi connectivity index (χ2v) is 4.95. The first-order valence-electron chi connectivity index (χ1n) is 6.03. The number of carbonyl (C=O) groups is 2. The molecule has 1 unspecified atom stereocenters. The number of carbonyl (C=O) groups excluding carboxylic acids is 2. The lowest BCUT2D eigenvalue weighted by Gasteiger charge is -2.37. The van der Waals surface area contributed by atoms with Gasteiger partial charge in [0, 0.05) is 11.5 Å². The van der Waals surface area contributed by atoms with Crippen molar-refractivity contribution in [2.75, 3.05) is 0 Å². The Balaban J connectivity index is 2.45. The van der Waals surface area contributed by atoms with Crippen LogP contribution in [-0.2, 0) is 9.59 Å². The van der Waals surface area contributed by atoms with E-state index < -0.39 is 0 Å². The minimum absolute atomic E-state index is 0.00801. The minimum Gasteiger partial charge on any atom is -0.299 e. The summed E-state index contributed by atoms with van der Waals surface area (Å²) in [5, 5.41) is 0. The van der Waals surface area contributed by atoms with Crippen molar-refractivity contribution >= 4 is 12.1 Å². The molecule has 0 bridgehead atoms. The highest BCUT2D eigenvalue weighted by atomic mass is 16.1. The van der Waals surface area contributed by atoms with Crippen LogP contribution in [0.15, 0.2) is 23.3 Å². The summed E-state index contributed by atoms with van der Waals surface area (Å²) in [7, 11) is 0. The molecule has 0 aromatic rings. The van der Waals surface area contributed by atoms with Gasteiger partial charge in [0.15, 0.2) is 0 Å². The summed E-state index contributed by atoms with van der Waals surface area (Å²) >= 11 is 0. The zero-order valence-corrected chi connectivity index (χ0v) is 9.90. The molecule has 16 heavy (non-hydrogen) atoms. The van der Waals surface area contributed by atoms with E-state index in [9.17, 15) is 9.59 Å². The lowest BCUT2D eigenvalue weighted by atomic mass is 9.67. The van der Waals surface area contributed by atoms with Gasteiger partial charge < -0.3 is 0 Å². The Morgan fingerprint density at radius 1 is 1.44 bits per heavy atom. The van der Waals surface area contributed by atoms with Crippen molar-refractivity contribution < 1.29 is 9.59 Å². The van der Waals surface area contributed by atoms with E-state index in [1.807, 2.05) is 6.08 Å². The average Bonchev–Trinajstić information content (AvgIpc) is 2.29. The Kier molecular flexibility index (Phi) is 3.08. The van der Waals surface area contributed by atoms with E-state index >= 15 is 0 Å². The number of hydrogen-bond donors (Lipinski definition) is 0. The van der Waals surface area contributed by atoms with Crippen molar-refractivity contribution in [3.05, 3.63) is 23.3 Å². The SMILES string of the molecule is CC(=O)[C@H]1CCCC2C1=C(C=O)C=C[C@@H]2C. The van der Waals surface area contributed by atoms with Gasteiger partial charge in [0.2, 0.25) is 0 Å². The van der Waals surface area contributed by atoms with Crippen molar-refractivity contribution in [3.8, 4) is 0 Å². The number of fused-ring (bicyclic) bond motifs is 1. The van der Waals surface area contributed by atoms with Crippen LogP contribution in [0.25, 0.3) is 0 Å². The molecular formula is C14H18O2. The molecule has 2 aliphatic rings. The average molecular weight is 218 g/mol. The number of aldehydes is 1. The van der Waals surface area contributed by atoms with Crippen LogP contribution < -0.4 is 0 Å². The first-order chi connectivity index (χ1) is 7.65. The molecule has 0 saturated heterocycles. The number of Topliss-reactive ketones (excluding diaryl/α,β-unsaturated/α-hetero) is 1. The quantitative estimate of drug-likeness (QED) is 0.668. The summed E-state index contributed by atoms with van der Waals surface area (Å²) in [6.45, 7) is 3.82. The fraction of sp³-hybridized carbons (Fsp3) is 0.571. The van der Waals surface area contributed by atoms with Crippen molar-refractivity contribution in [3.63, 3.8) is 0 Å². The fourth-order valence-corrected chi connectivity index (χ4v) is 3.09. The Labute approximate surface area is 96.4 Å². The molecule has 2 nitrogen and oxygen atoms in total. The van der Waals surface area contributed by atoms with E-state index in [4.69, 9.17) is 0 Å². The van der Waals surface area contributed by atoms with Gasteiger partial charge in [-0.3, -0.25) is 9.59 Å². The molecule has 1 fully saturated rings. The molecule has 2 aliphatic carbocycles. The summed E-state index contributed by atoms with van der Waals surface area (Å²) in [6, 6.07) is 0. The van der Waals surface area contributed by atoms with Crippen LogP contribution in [0.5, 0.6) is 0 Å². The number of ketones is 1. The highest BCUT2D eigenvalue weighted by molar-refractivity contribution is 5.87. The summed E-state index contributed by atoms with van der Waals surface area (Å²) in [4.78, 5) is 22.7. The van der Waals surface area contributed by atoms with Crippen molar-refractivity contribution in [2.45, 2.75) is 33.1 Å². The van der Waals surface area contributed by atoms with Gasteiger partial charge in [-0.2, -0.15) is 0 Å². The maximum Gasteiger partial charge on any atom is 0.150 e. The zero-order chi connectivity index (χ0) is 11.7. The van der Waals surface area contributed by atoms with Crippen molar-refractivity contribution in [1.82, 2.24) is 0 Å². The predicted octanol–water partition coefficient (Wildman–Crippen LogP) is 2.69. The van der Waals surface area contributed by atoms with E-state index in [0.717, 1.165) is 36.7 Å². The molecule has 0 amide bonds. The van der Waals surface area contributed by atoms with Crippen LogP contribution in [0.4, 0.5) is 0 Å². The lowest BCUT2D eigenvalue weighted by Crippen LogP contribution is -2.30. The molecule has 86 valence electrons. The third-order valence-electron chi connectivity index (χ3n) is 3.95. The molecule has 2 rings (SSSR count). The molecule has 3 atom stereocenters. The van der Waals surface area contributed by atoms with Crippen LogP contribution in [0.3, 0.4) is 0 Å². The highest BCUT2D eigenvalue weighted by Gasteiger charge is 2.35. The van der Waals surface area contributed by atoms with Gasteiger partial charge in [-0.05, 0) is 37.2 Å². The van der Waals surface area contributed by atoms with Gasteiger partial charge >= 0.3 is 0 Å². The third kappa shape index (κ3) is 1.77. The van der Waals surface area contributed by atoms with E-state index in [-0.39, 0.29) is 11.7 Å². The maximum absolute atomic E-state index is 11.6. The Bertz CT molecular complexity index is 376. The summed E-state index contributed by atoms with van der Waals surface area (Å²) in [6.07, 6.45) is 8.03. The Morgan fingerprint density at radius 3 is 2.81 bits per heavy atom. The topological polar surface area (TPSA) is 34.1 Å². The molecule has 2 heteroatoms. The van der Waals surface area contributed by atoms with Gasteiger partial charge in [-0.15, -0.1) is 0 Å². The molecule has 0 aliphatic heterocycles. The molecule has 0 N–H and O–H groups in total. The third-order valence-corrected chi connectivity index (χ3v) is 3.95. The van der Waals surface area contributed by atoms with Crippen molar-refractivity contribution in [1.29, 1.82) is 0 Å². The number of hydrogen-bond acceptors (Lipinski definition) is 2. The standard InChI is InChI=1S/C14H18O2/c1-9-6-7-11(8-15)14-12(9)4-3-5-13(14)10(2)16/h6-9,12-13H,3-5H2,1-2H3/t9-,12?,13+/m0/s1. The minimum atomic E-state index is -0.00801. The normalized spacial score (nSPS) is 33.5. The van der Waals surface area contributed by atoms with Crippen LogP contribution in [0.2, 0.25) is 0 Å². The second-order valence-electron chi connectivity index (χ2n) is 4.95. The van der Waals surface area contributed by atoms with Crippen LogP contribution in [-0.4, -0.2) is 12.1 Å². The lowest BCUT2D eigenvalue weighted by molar-refractivity contribution is -0.120. The number of allylic oxidation sites excluding steroid dienone is 4. The van der Waals surface area contributed by atoms with E-state index in [1.54, 1.807) is 6.92 Å². The predicted molar refractivity (Wildman–Crippen MR) is 62.9 cm³/mol. The molecule has 1 saturated carbocycles. The molecule has 0 aromatic carbocycles. The Morgan fingerprint density at radius 2 is 2.19 bits per heavy atom.